The summed E-state index contributed by atoms with van der Waals surface area (Å²) < 4.78 is 13.3. The number of hydrogen-bond acceptors (Lipinski definition) is 2. The number of amides is 1. The van der Waals surface area contributed by atoms with Gasteiger partial charge in [-0.3, -0.25) is 9.69 Å². The van der Waals surface area contributed by atoms with Gasteiger partial charge in [0.15, 0.2) is 0 Å². The van der Waals surface area contributed by atoms with Gasteiger partial charge in [0.2, 0.25) is 5.91 Å². The number of aryl methyl sites for hydroxylation is 1. The maximum Gasteiger partial charge on any atom is 0.224 e. The summed E-state index contributed by atoms with van der Waals surface area (Å²) in [6.45, 7) is 5.09. The lowest BCUT2D eigenvalue weighted by atomic mass is 9.83. The van der Waals surface area contributed by atoms with Crippen molar-refractivity contribution in [2.24, 2.45) is 5.92 Å². The van der Waals surface area contributed by atoms with E-state index in [1.807, 2.05) is 30.3 Å². The van der Waals surface area contributed by atoms with Crippen molar-refractivity contribution >= 4 is 5.91 Å². The molecular formula is C28H31FN2O. The lowest BCUT2D eigenvalue weighted by Crippen LogP contribution is -2.45. The second-order valence-corrected chi connectivity index (χ2v) is 8.89. The van der Waals surface area contributed by atoms with E-state index >= 15 is 0 Å². The van der Waals surface area contributed by atoms with Gasteiger partial charge >= 0.3 is 0 Å². The van der Waals surface area contributed by atoms with E-state index < -0.39 is 0 Å². The Morgan fingerprint density at radius 3 is 2.50 bits per heavy atom. The molecule has 3 aromatic carbocycles. The Morgan fingerprint density at radius 1 is 0.969 bits per heavy atom. The van der Waals surface area contributed by atoms with E-state index in [2.05, 4.69) is 53.5 Å². The third-order valence-corrected chi connectivity index (χ3v) is 6.29. The number of nitrogens with one attached hydrogen (secondary N) is 1. The molecule has 3 aromatic rings. The first-order chi connectivity index (χ1) is 15.6. The molecule has 3 nitrogen and oxygen atoms in total. The van der Waals surface area contributed by atoms with Crippen LogP contribution in [0.2, 0.25) is 0 Å². The highest BCUT2D eigenvalue weighted by Gasteiger charge is 2.32. The molecule has 32 heavy (non-hydrogen) atoms. The van der Waals surface area contributed by atoms with Crippen molar-refractivity contribution in [1.29, 1.82) is 0 Å². The molecule has 0 radical (unpaired) electrons. The van der Waals surface area contributed by atoms with Crippen LogP contribution < -0.4 is 5.32 Å². The van der Waals surface area contributed by atoms with Gasteiger partial charge in [0, 0.05) is 26.2 Å². The highest BCUT2D eigenvalue weighted by Crippen LogP contribution is 2.31. The SMILES string of the molecule is Cc1cccc(C2CC(C(=O)NCCc3ccccc3)CN(Cc3ccc(F)cc3)C2)c1. The van der Waals surface area contributed by atoms with E-state index in [9.17, 15) is 9.18 Å². The van der Waals surface area contributed by atoms with Gasteiger partial charge in [-0.1, -0.05) is 72.3 Å². The molecule has 1 aliphatic heterocycles. The van der Waals surface area contributed by atoms with Crippen LogP contribution in [0.4, 0.5) is 4.39 Å². The maximum absolute atomic E-state index is 13.3. The third-order valence-electron chi connectivity index (χ3n) is 6.29. The molecule has 4 rings (SSSR count). The summed E-state index contributed by atoms with van der Waals surface area (Å²) in [6, 6.07) is 25.5. The van der Waals surface area contributed by atoms with Crippen molar-refractivity contribution in [2.45, 2.75) is 32.2 Å². The van der Waals surface area contributed by atoms with Crippen molar-refractivity contribution < 1.29 is 9.18 Å². The van der Waals surface area contributed by atoms with Crippen LogP contribution in [-0.2, 0) is 17.8 Å². The molecule has 1 N–H and O–H groups in total. The van der Waals surface area contributed by atoms with Crippen LogP contribution in [0.15, 0.2) is 78.9 Å². The smallest absolute Gasteiger partial charge is 0.224 e. The van der Waals surface area contributed by atoms with E-state index in [0.29, 0.717) is 12.5 Å². The number of rotatable bonds is 7. The van der Waals surface area contributed by atoms with Crippen LogP contribution in [0.1, 0.15) is 34.6 Å². The van der Waals surface area contributed by atoms with Gasteiger partial charge in [-0.25, -0.2) is 4.39 Å². The molecule has 1 aliphatic rings. The number of carbonyl (C=O) groups excluding carboxylic acids is 1. The van der Waals surface area contributed by atoms with E-state index in [4.69, 9.17) is 0 Å². The van der Waals surface area contributed by atoms with Crippen LogP contribution >= 0.6 is 0 Å². The molecule has 1 heterocycles. The molecule has 1 amide bonds. The predicted molar refractivity (Wildman–Crippen MR) is 127 cm³/mol. The Labute approximate surface area is 190 Å². The van der Waals surface area contributed by atoms with Gasteiger partial charge in [0.25, 0.3) is 0 Å². The molecule has 166 valence electrons. The molecule has 0 saturated carbocycles. The Hall–Kier alpha value is -2.98. The molecule has 1 saturated heterocycles. The molecule has 0 spiro atoms. The summed E-state index contributed by atoms with van der Waals surface area (Å²) in [6.07, 6.45) is 1.68. The summed E-state index contributed by atoms with van der Waals surface area (Å²) in [7, 11) is 0. The average molecular weight is 431 g/mol. The quantitative estimate of drug-likeness (QED) is 0.566. The Morgan fingerprint density at radius 2 is 1.75 bits per heavy atom. The number of piperidine rings is 1. The minimum atomic E-state index is -0.222. The van der Waals surface area contributed by atoms with Crippen LogP contribution in [-0.4, -0.2) is 30.4 Å². The van der Waals surface area contributed by atoms with Gasteiger partial charge < -0.3 is 5.32 Å². The highest BCUT2D eigenvalue weighted by molar-refractivity contribution is 5.79. The fourth-order valence-electron chi connectivity index (χ4n) is 4.64. The number of carbonyl (C=O) groups is 1. The molecule has 0 aliphatic carbocycles. The molecule has 2 atom stereocenters. The maximum atomic E-state index is 13.3. The van der Waals surface area contributed by atoms with E-state index in [0.717, 1.165) is 38.0 Å². The van der Waals surface area contributed by atoms with Gasteiger partial charge in [0.05, 0.1) is 5.92 Å². The largest absolute Gasteiger partial charge is 0.355 e. The first-order valence-corrected chi connectivity index (χ1v) is 11.4. The van der Waals surface area contributed by atoms with Crippen LogP contribution in [0.5, 0.6) is 0 Å². The van der Waals surface area contributed by atoms with Gasteiger partial charge in [-0.2, -0.15) is 0 Å². The van der Waals surface area contributed by atoms with Crippen molar-refractivity contribution in [3.63, 3.8) is 0 Å². The minimum Gasteiger partial charge on any atom is -0.355 e. The minimum absolute atomic E-state index is 0.0644. The summed E-state index contributed by atoms with van der Waals surface area (Å²) >= 11 is 0. The Kier molecular flexibility index (Phi) is 7.33. The zero-order chi connectivity index (χ0) is 22.3. The average Bonchev–Trinajstić information content (AvgIpc) is 2.81. The fraction of sp³-hybridized carbons (Fsp3) is 0.321. The number of benzene rings is 3. The van der Waals surface area contributed by atoms with E-state index in [-0.39, 0.29) is 17.6 Å². The fourth-order valence-corrected chi connectivity index (χ4v) is 4.64. The van der Waals surface area contributed by atoms with Crippen molar-refractivity contribution in [1.82, 2.24) is 10.2 Å². The second kappa shape index (κ2) is 10.6. The summed E-state index contributed by atoms with van der Waals surface area (Å²) in [4.78, 5) is 15.4. The lowest BCUT2D eigenvalue weighted by Gasteiger charge is -2.37. The normalized spacial score (nSPS) is 18.9. The topological polar surface area (TPSA) is 32.3 Å². The highest BCUT2D eigenvalue weighted by atomic mass is 19.1. The summed E-state index contributed by atoms with van der Waals surface area (Å²) in [5.41, 5.74) is 4.82. The molecule has 0 bridgehead atoms. The van der Waals surface area contributed by atoms with Gasteiger partial charge in [0.1, 0.15) is 5.82 Å². The number of nitrogens with zero attached hydrogens (tertiary/aromatic N) is 1. The van der Waals surface area contributed by atoms with E-state index in [1.54, 1.807) is 0 Å². The van der Waals surface area contributed by atoms with Crippen molar-refractivity contribution in [3.8, 4) is 0 Å². The first-order valence-electron chi connectivity index (χ1n) is 11.4. The zero-order valence-electron chi connectivity index (χ0n) is 18.6. The first kappa shape index (κ1) is 22.2. The van der Waals surface area contributed by atoms with Crippen molar-refractivity contribution in [3.05, 3.63) is 107 Å². The third kappa shape index (κ3) is 6.04. The lowest BCUT2D eigenvalue weighted by molar-refractivity contribution is -0.127. The molecular weight excluding hydrogens is 399 g/mol. The van der Waals surface area contributed by atoms with Crippen LogP contribution in [0.3, 0.4) is 0 Å². The molecule has 0 aromatic heterocycles. The monoisotopic (exact) mass is 430 g/mol. The van der Waals surface area contributed by atoms with Crippen LogP contribution in [0, 0.1) is 18.7 Å². The molecule has 4 heteroatoms. The molecule has 1 fully saturated rings. The van der Waals surface area contributed by atoms with Gasteiger partial charge in [-0.15, -0.1) is 0 Å². The number of hydrogen-bond donors (Lipinski definition) is 1. The summed E-state index contributed by atoms with van der Waals surface area (Å²) in [5, 5.41) is 3.16. The molecule has 2 unspecified atom stereocenters. The standard InChI is InChI=1S/C28H31FN2O/c1-21-6-5-9-24(16-21)25-17-26(28(32)30-15-14-22-7-3-2-4-8-22)20-31(19-25)18-23-10-12-27(29)13-11-23/h2-13,16,25-26H,14-15,17-20H2,1H3,(H,30,32). The van der Waals surface area contributed by atoms with Crippen molar-refractivity contribution in [2.75, 3.05) is 19.6 Å². The predicted octanol–water partition coefficient (Wildman–Crippen LogP) is 5.10. The number of likely N-dealkylation sites (tertiary alicyclic amines) is 1. The second-order valence-electron chi connectivity index (χ2n) is 8.89. The Balaban J connectivity index is 1.44. The van der Waals surface area contributed by atoms with E-state index in [1.165, 1.54) is 28.8 Å². The zero-order valence-corrected chi connectivity index (χ0v) is 18.6. The van der Waals surface area contributed by atoms with Crippen LogP contribution in [0.25, 0.3) is 0 Å². The Bertz CT molecular complexity index is 1020. The number of halogens is 1. The van der Waals surface area contributed by atoms with Gasteiger partial charge in [-0.05, 0) is 54.5 Å². The summed E-state index contributed by atoms with van der Waals surface area (Å²) in [5.74, 6) is 0.141.